The molecule has 0 fully saturated rings. The molecule has 3 aromatic rings. The van der Waals surface area contributed by atoms with Crippen LogP contribution in [0.1, 0.15) is 21.7 Å². The highest BCUT2D eigenvalue weighted by atomic mass is 16.7. The molecule has 2 aromatic carbocycles. The van der Waals surface area contributed by atoms with Gasteiger partial charge in [0, 0.05) is 24.0 Å². The summed E-state index contributed by atoms with van der Waals surface area (Å²) in [6, 6.07) is 17.1. The van der Waals surface area contributed by atoms with E-state index in [9.17, 15) is 4.79 Å². The van der Waals surface area contributed by atoms with Gasteiger partial charge in [-0.15, -0.1) is 0 Å². The van der Waals surface area contributed by atoms with Crippen LogP contribution >= 0.6 is 0 Å². The molecule has 0 saturated heterocycles. The van der Waals surface area contributed by atoms with E-state index in [-0.39, 0.29) is 12.7 Å². The second-order valence-corrected chi connectivity index (χ2v) is 6.40. The second-order valence-electron chi connectivity index (χ2n) is 6.40. The summed E-state index contributed by atoms with van der Waals surface area (Å²) in [7, 11) is 0. The number of ether oxygens (including phenoxy) is 2. The van der Waals surface area contributed by atoms with Gasteiger partial charge >= 0.3 is 0 Å². The minimum absolute atomic E-state index is 0.190. The minimum atomic E-state index is -0.310. The number of rotatable bonds is 6. The van der Waals surface area contributed by atoms with E-state index in [1.54, 1.807) is 24.3 Å². The number of carbonyl (C=O) groups is 1. The van der Waals surface area contributed by atoms with Crippen molar-refractivity contribution >= 4 is 17.5 Å². The van der Waals surface area contributed by atoms with Gasteiger partial charge < -0.3 is 20.1 Å². The first-order valence-corrected chi connectivity index (χ1v) is 9.02. The van der Waals surface area contributed by atoms with Crippen molar-refractivity contribution in [1.82, 2.24) is 9.97 Å². The summed E-state index contributed by atoms with van der Waals surface area (Å²) < 4.78 is 10.6. The van der Waals surface area contributed by atoms with Crippen molar-refractivity contribution in [2.24, 2.45) is 0 Å². The lowest BCUT2D eigenvalue weighted by Gasteiger charge is -2.09. The Kier molecular flexibility index (Phi) is 5.05. The molecule has 28 heavy (non-hydrogen) atoms. The monoisotopic (exact) mass is 376 g/mol. The van der Waals surface area contributed by atoms with E-state index < -0.39 is 0 Å². The number of benzene rings is 2. The van der Waals surface area contributed by atoms with E-state index in [2.05, 4.69) is 32.7 Å². The number of carbonyl (C=O) groups excluding carboxylic acids is 1. The van der Waals surface area contributed by atoms with Gasteiger partial charge in [-0.3, -0.25) is 4.79 Å². The lowest BCUT2D eigenvalue weighted by Crippen LogP contribution is -2.16. The van der Waals surface area contributed by atoms with Crippen LogP contribution in [-0.4, -0.2) is 29.2 Å². The Labute approximate surface area is 162 Å². The first kappa shape index (κ1) is 17.8. The number of nitrogens with zero attached hydrogens (tertiary/aromatic N) is 2. The van der Waals surface area contributed by atoms with Crippen molar-refractivity contribution in [3.63, 3.8) is 0 Å². The van der Waals surface area contributed by atoms with E-state index in [4.69, 9.17) is 9.47 Å². The van der Waals surface area contributed by atoms with E-state index in [0.29, 0.717) is 41.1 Å². The van der Waals surface area contributed by atoms with Gasteiger partial charge in [0.25, 0.3) is 5.91 Å². The topological polar surface area (TPSA) is 85.4 Å². The molecule has 0 unspecified atom stereocenters. The number of amides is 1. The molecule has 1 aliphatic heterocycles. The summed E-state index contributed by atoms with van der Waals surface area (Å²) in [5.41, 5.74) is 2.85. The van der Waals surface area contributed by atoms with Crippen LogP contribution in [0.5, 0.6) is 11.5 Å². The number of hydrogen-bond donors (Lipinski definition) is 2. The Morgan fingerprint density at radius 3 is 2.71 bits per heavy atom. The van der Waals surface area contributed by atoms with Gasteiger partial charge in [-0.25, -0.2) is 9.97 Å². The van der Waals surface area contributed by atoms with Gasteiger partial charge in [0.05, 0.1) is 0 Å². The highest BCUT2D eigenvalue weighted by Crippen LogP contribution is 2.34. The predicted octanol–water partition coefficient (Wildman–Crippen LogP) is 3.42. The number of hydrogen-bond acceptors (Lipinski definition) is 6. The normalized spacial score (nSPS) is 11.9. The molecule has 7 heteroatoms. The maximum absolute atomic E-state index is 12.6. The molecule has 0 spiro atoms. The first-order valence-electron chi connectivity index (χ1n) is 9.02. The number of nitrogens with one attached hydrogen (secondary N) is 2. The van der Waals surface area contributed by atoms with Crippen LogP contribution in [0.4, 0.5) is 11.6 Å². The average molecular weight is 376 g/mol. The van der Waals surface area contributed by atoms with E-state index in [0.717, 1.165) is 6.42 Å². The highest BCUT2D eigenvalue weighted by Gasteiger charge is 2.16. The molecule has 1 aromatic heterocycles. The van der Waals surface area contributed by atoms with Gasteiger partial charge in [0.2, 0.25) is 12.7 Å². The van der Waals surface area contributed by atoms with Gasteiger partial charge in [0.15, 0.2) is 11.5 Å². The third kappa shape index (κ3) is 4.20. The molecule has 0 bridgehead atoms. The highest BCUT2D eigenvalue weighted by molar-refractivity contribution is 6.03. The number of fused-ring (bicyclic) bond motifs is 1. The van der Waals surface area contributed by atoms with Crippen molar-refractivity contribution in [3.05, 3.63) is 71.5 Å². The Morgan fingerprint density at radius 1 is 1.04 bits per heavy atom. The number of aryl methyl sites for hydroxylation is 1. The molecule has 2 heterocycles. The average Bonchev–Trinajstić information content (AvgIpc) is 3.16. The van der Waals surface area contributed by atoms with Gasteiger partial charge in [0.1, 0.15) is 5.69 Å². The molecule has 0 atom stereocenters. The van der Waals surface area contributed by atoms with Crippen molar-refractivity contribution < 1.29 is 14.3 Å². The zero-order chi connectivity index (χ0) is 19.3. The molecule has 1 amide bonds. The fraction of sp³-hybridized carbons (Fsp3) is 0.190. The second kappa shape index (κ2) is 7.96. The van der Waals surface area contributed by atoms with Crippen molar-refractivity contribution in [3.8, 4) is 11.5 Å². The first-order chi connectivity index (χ1) is 13.7. The van der Waals surface area contributed by atoms with Crippen LogP contribution in [0, 0.1) is 6.92 Å². The van der Waals surface area contributed by atoms with Crippen LogP contribution in [0.15, 0.2) is 54.6 Å². The van der Waals surface area contributed by atoms with E-state index >= 15 is 0 Å². The van der Waals surface area contributed by atoms with Crippen LogP contribution in [-0.2, 0) is 6.42 Å². The molecular weight excluding hydrogens is 356 g/mol. The largest absolute Gasteiger partial charge is 0.454 e. The van der Waals surface area contributed by atoms with Crippen LogP contribution in [0.25, 0.3) is 0 Å². The predicted molar refractivity (Wildman–Crippen MR) is 106 cm³/mol. The fourth-order valence-corrected chi connectivity index (χ4v) is 2.90. The maximum Gasteiger partial charge on any atom is 0.274 e. The summed E-state index contributed by atoms with van der Waals surface area (Å²) >= 11 is 0. The molecule has 4 rings (SSSR count). The summed E-state index contributed by atoms with van der Waals surface area (Å²) in [6.45, 7) is 2.70. The summed E-state index contributed by atoms with van der Waals surface area (Å²) in [5, 5.41) is 6.02. The molecule has 0 saturated carbocycles. The summed E-state index contributed by atoms with van der Waals surface area (Å²) in [6.07, 6.45) is 0.844. The Bertz CT molecular complexity index is 992. The van der Waals surface area contributed by atoms with Crippen molar-refractivity contribution in [1.29, 1.82) is 0 Å². The maximum atomic E-state index is 12.6. The Morgan fingerprint density at radius 2 is 1.86 bits per heavy atom. The zero-order valence-electron chi connectivity index (χ0n) is 15.4. The standard InChI is InChI=1S/C21H20N4O3/c1-14-11-17(20(26)24-16-7-8-18-19(12-16)28-13-27-18)25-21(23-14)22-10-9-15-5-3-2-4-6-15/h2-8,11-12H,9-10,13H2,1H3,(H,24,26)(H,22,23,25). The Hall–Kier alpha value is -3.61. The molecule has 0 aliphatic carbocycles. The minimum Gasteiger partial charge on any atom is -0.454 e. The summed E-state index contributed by atoms with van der Waals surface area (Å²) in [4.78, 5) is 21.3. The molecule has 0 radical (unpaired) electrons. The quantitative estimate of drug-likeness (QED) is 0.686. The summed E-state index contributed by atoms with van der Waals surface area (Å²) in [5.74, 6) is 1.41. The third-order valence-corrected chi connectivity index (χ3v) is 4.26. The molecule has 7 nitrogen and oxygen atoms in total. The van der Waals surface area contributed by atoms with Gasteiger partial charge in [-0.05, 0) is 37.1 Å². The lowest BCUT2D eigenvalue weighted by atomic mass is 10.1. The fourth-order valence-electron chi connectivity index (χ4n) is 2.90. The number of aromatic nitrogens is 2. The van der Waals surface area contributed by atoms with E-state index in [1.165, 1.54) is 5.56 Å². The van der Waals surface area contributed by atoms with Crippen molar-refractivity contribution in [2.45, 2.75) is 13.3 Å². The lowest BCUT2D eigenvalue weighted by molar-refractivity contribution is 0.102. The third-order valence-electron chi connectivity index (χ3n) is 4.26. The SMILES string of the molecule is Cc1cc(C(=O)Nc2ccc3c(c2)OCO3)nc(NCCc2ccccc2)n1. The van der Waals surface area contributed by atoms with Crippen LogP contribution in [0.2, 0.25) is 0 Å². The molecule has 1 aliphatic rings. The molecule has 2 N–H and O–H groups in total. The van der Waals surface area contributed by atoms with Gasteiger partial charge in [-0.2, -0.15) is 0 Å². The molecular formula is C21H20N4O3. The smallest absolute Gasteiger partial charge is 0.274 e. The number of anilines is 2. The van der Waals surface area contributed by atoms with Crippen LogP contribution < -0.4 is 20.1 Å². The zero-order valence-corrected chi connectivity index (χ0v) is 15.4. The van der Waals surface area contributed by atoms with E-state index in [1.807, 2.05) is 25.1 Å². The molecule has 142 valence electrons. The van der Waals surface area contributed by atoms with Gasteiger partial charge in [-0.1, -0.05) is 30.3 Å². The van der Waals surface area contributed by atoms with Crippen molar-refractivity contribution in [2.75, 3.05) is 24.0 Å². The van der Waals surface area contributed by atoms with Crippen LogP contribution in [0.3, 0.4) is 0 Å². The Balaban J connectivity index is 1.41.